The molecule has 0 saturated heterocycles. The van der Waals surface area contributed by atoms with Gasteiger partial charge in [0, 0.05) is 27.8 Å². The lowest BCUT2D eigenvalue weighted by molar-refractivity contribution is 0.649. The Balaban J connectivity index is 1.74. The first-order valence-corrected chi connectivity index (χ1v) is 7.06. The van der Waals surface area contributed by atoms with Crippen LogP contribution in [0.1, 0.15) is 23.2 Å². The van der Waals surface area contributed by atoms with Gasteiger partial charge in [0.1, 0.15) is 0 Å². The number of nitrogens with zero attached hydrogens (tertiary/aromatic N) is 1. The lowest BCUT2D eigenvalue weighted by Crippen LogP contribution is -2.16. The highest BCUT2D eigenvalue weighted by molar-refractivity contribution is 6.35. The van der Waals surface area contributed by atoms with E-state index >= 15 is 0 Å². The van der Waals surface area contributed by atoms with Crippen LogP contribution in [-0.4, -0.2) is 16.7 Å². The molecule has 0 aliphatic heterocycles. The van der Waals surface area contributed by atoms with Crippen molar-refractivity contribution in [2.75, 3.05) is 6.54 Å². The average Bonchev–Trinajstić information content (AvgIpc) is 2.78. The molecule has 0 amide bonds. The second-order valence-corrected chi connectivity index (χ2v) is 5.32. The topological polar surface area (TPSA) is 40.7 Å². The van der Waals surface area contributed by atoms with Gasteiger partial charge in [-0.2, -0.15) is 5.10 Å². The summed E-state index contributed by atoms with van der Waals surface area (Å²) in [5, 5.41) is 11.7. The molecule has 0 atom stereocenters. The number of aromatic amines is 1. The van der Waals surface area contributed by atoms with E-state index in [2.05, 4.69) is 15.5 Å². The summed E-state index contributed by atoms with van der Waals surface area (Å²) in [6.07, 6.45) is 3.97. The molecule has 102 valence electrons. The van der Waals surface area contributed by atoms with Crippen LogP contribution in [0.4, 0.5) is 0 Å². The van der Waals surface area contributed by atoms with Gasteiger partial charge in [-0.1, -0.05) is 29.3 Å². The van der Waals surface area contributed by atoms with Gasteiger partial charge in [-0.05, 0) is 44.0 Å². The normalized spacial score (nSPS) is 10.9. The maximum Gasteiger partial charge on any atom is 0.0522 e. The summed E-state index contributed by atoms with van der Waals surface area (Å²) in [7, 11) is 0. The molecule has 0 bridgehead atoms. The zero-order chi connectivity index (χ0) is 13.7. The molecular formula is C14H17Cl2N3. The van der Waals surface area contributed by atoms with Crippen LogP contribution >= 0.6 is 23.2 Å². The fourth-order valence-corrected chi connectivity index (χ4v) is 2.48. The summed E-state index contributed by atoms with van der Waals surface area (Å²) < 4.78 is 0. The predicted molar refractivity (Wildman–Crippen MR) is 79.8 cm³/mol. The number of hydrogen-bond donors (Lipinski definition) is 2. The van der Waals surface area contributed by atoms with Crippen LogP contribution in [-0.2, 0) is 13.0 Å². The van der Waals surface area contributed by atoms with E-state index in [0.29, 0.717) is 16.6 Å². The van der Waals surface area contributed by atoms with Crippen molar-refractivity contribution in [1.29, 1.82) is 0 Å². The molecule has 2 rings (SSSR count). The van der Waals surface area contributed by atoms with Crippen LogP contribution in [0.25, 0.3) is 0 Å². The van der Waals surface area contributed by atoms with E-state index in [4.69, 9.17) is 23.2 Å². The Labute approximate surface area is 123 Å². The molecule has 19 heavy (non-hydrogen) atoms. The third-order valence-corrected chi connectivity index (χ3v) is 3.81. The number of benzene rings is 1. The highest BCUT2D eigenvalue weighted by Crippen LogP contribution is 2.23. The van der Waals surface area contributed by atoms with E-state index < -0.39 is 0 Å². The van der Waals surface area contributed by atoms with Crippen LogP contribution in [0, 0.1) is 6.92 Å². The minimum absolute atomic E-state index is 0.697. The third kappa shape index (κ3) is 3.96. The molecule has 0 saturated carbocycles. The molecule has 0 unspecified atom stereocenters. The molecule has 1 heterocycles. The number of halogens is 2. The van der Waals surface area contributed by atoms with Crippen molar-refractivity contribution in [3.8, 4) is 0 Å². The van der Waals surface area contributed by atoms with Crippen molar-refractivity contribution in [3.05, 3.63) is 51.3 Å². The van der Waals surface area contributed by atoms with Gasteiger partial charge in [0.15, 0.2) is 0 Å². The zero-order valence-electron chi connectivity index (χ0n) is 10.8. The third-order valence-electron chi connectivity index (χ3n) is 3.10. The summed E-state index contributed by atoms with van der Waals surface area (Å²) in [6, 6.07) is 5.58. The Hall–Kier alpha value is -1.03. The van der Waals surface area contributed by atoms with Gasteiger partial charge in [0.25, 0.3) is 0 Å². The lowest BCUT2D eigenvalue weighted by Gasteiger charge is -2.08. The van der Waals surface area contributed by atoms with Crippen molar-refractivity contribution >= 4 is 23.2 Å². The van der Waals surface area contributed by atoms with Crippen molar-refractivity contribution in [1.82, 2.24) is 15.5 Å². The van der Waals surface area contributed by atoms with E-state index in [-0.39, 0.29) is 0 Å². The second-order valence-electron chi connectivity index (χ2n) is 4.50. The number of aryl methyl sites for hydroxylation is 2. The Bertz CT molecular complexity index is 517. The first-order chi connectivity index (χ1) is 9.18. The first kappa shape index (κ1) is 14.4. The van der Waals surface area contributed by atoms with Gasteiger partial charge < -0.3 is 5.32 Å². The molecule has 2 aromatic rings. The fraction of sp³-hybridized carbons (Fsp3) is 0.357. The molecule has 1 aromatic heterocycles. The van der Waals surface area contributed by atoms with Gasteiger partial charge >= 0.3 is 0 Å². The quantitative estimate of drug-likeness (QED) is 0.797. The molecule has 1 aromatic carbocycles. The summed E-state index contributed by atoms with van der Waals surface area (Å²) >= 11 is 12.2. The molecule has 0 aliphatic carbocycles. The average molecular weight is 298 g/mol. The highest BCUT2D eigenvalue weighted by Gasteiger charge is 2.04. The van der Waals surface area contributed by atoms with Crippen LogP contribution < -0.4 is 5.32 Å². The van der Waals surface area contributed by atoms with Crippen LogP contribution in [0.15, 0.2) is 24.4 Å². The zero-order valence-corrected chi connectivity index (χ0v) is 12.4. The Morgan fingerprint density at radius 2 is 2.00 bits per heavy atom. The minimum atomic E-state index is 0.697. The van der Waals surface area contributed by atoms with E-state index in [1.165, 1.54) is 5.56 Å². The number of rotatable bonds is 6. The molecule has 3 nitrogen and oxygen atoms in total. The molecule has 2 N–H and O–H groups in total. The number of hydrogen-bond acceptors (Lipinski definition) is 2. The second kappa shape index (κ2) is 6.94. The monoisotopic (exact) mass is 297 g/mol. The summed E-state index contributed by atoms with van der Waals surface area (Å²) in [4.78, 5) is 0. The Morgan fingerprint density at radius 3 is 2.63 bits per heavy atom. The summed E-state index contributed by atoms with van der Waals surface area (Å²) in [5.74, 6) is 0. The molecule has 0 aliphatic rings. The Morgan fingerprint density at radius 1 is 1.26 bits per heavy atom. The lowest BCUT2D eigenvalue weighted by atomic mass is 10.1. The summed E-state index contributed by atoms with van der Waals surface area (Å²) in [5.41, 5.74) is 3.39. The minimum Gasteiger partial charge on any atom is -0.313 e. The molecule has 0 fully saturated rings. The number of H-pyrrole nitrogens is 1. The number of aromatic nitrogens is 2. The molecule has 0 radical (unpaired) electrons. The van der Waals surface area contributed by atoms with E-state index in [9.17, 15) is 0 Å². The van der Waals surface area contributed by atoms with Crippen LogP contribution in [0.3, 0.4) is 0 Å². The standard InChI is InChI=1S/C14H17Cl2N3/c1-10-11(8-18-19-10)4-3-7-17-9-12-13(15)5-2-6-14(12)16/h2,5-6,8,17H,3-4,7,9H2,1H3,(H,18,19). The SMILES string of the molecule is Cc1[nH]ncc1CCCNCc1c(Cl)cccc1Cl. The van der Waals surface area contributed by atoms with Gasteiger partial charge in [-0.15, -0.1) is 0 Å². The fourth-order valence-electron chi connectivity index (χ4n) is 1.95. The molecule has 0 spiro atoms. The largest absolute Gasteiger partial charge is 0.313 e. The Kier molecular flexibility index (Phi) is 5.25. The van der Waals surface area contributed by atoms with Crippen molar-refractivity contribution in [3.63, 3.8) is 0 Å². The van der Waals surface area contributed by atoms with Gasteiger partial charge in [-0.25, -0.2) is 0 Å². The molecule has 5 heteroatoms. The van der Waals surface area contributed by atoms with E-state index in [1.54, 1.807) is 0 Å². The summed E-state index contributed by atoms with van der Waals surface area (Å²) in [6.45, 7) is 3.66. The van der Waals surface area contributed by atoms with Crippen LogP contribution in [0.5, 0.6) is 0 Å². The smallest absolute Gasteiger partial charge is 0.0522 e. The predicted octanol–water partition coefficient (Wildman–Crippen LogP) is 3.75. The van der Waals surface area contributed by atoms with Gasteiger partial charge in [0.05, 0.1) is 6.20 Å². The van der Waals surface area contributed by atoms with E-state index in [1.807, 2.05) is 31.3 Å². The van der Waals surface area contributed by atoms with Crippen molar-refractivity contribution in [2.45, 2.75) is 26.3 Å². The van der Waals surface area contributed by atoms with Gasteiger partial charge in [0.2, 0.25) is 0 Å². The maximum absolute atomic E-state index is 6.11. The van der Waals surface area contributed by atoms with Gasteiger partial charge in [-0.3, -0.25) is 5.10 Å². The first-order valence-electron chi connectivity index (χ1n) is 6.31. The maximum atomic E-state index is 6.11. The van der Waals surface area contributed by atoms with Crippen molar-refractivity contribution in [2.24, 2.45) is 0 Å². The highest BCUT2D eigenvalue weighted by atomic mass is 35.5. The van der Waals surface area contributed by atoms with E-state index in [0.717, 1.165) is 30.6 Å². The van der Waals surface area contributed by atoms with Crippen molar-refractivity contribution < 1.29 is 0 Å². The number of nitrogens with one attached hydrogen (secondary N) is 2. The van der Waals surface area contributed by atoms with Crippen LogP contribution in [0.2, 0.25) is 10.0 Å². The molecular weight excluding hydrogens is 281 g/mol.